The molecule has 1 saturated heterocycles. The topological polar surface area (TPSA) is 84.4 Å². The summed E-state index contributed by atoms with van der Waals surface area (Å²) in [6.07, 6.45) is -0.549. The number of H-pyrrole nitrogens is 1. The fraction of sp³-hybridized carbons (Fsp3) is 0.286. The van der Waals surface area contributed by atoms with Gasteiger partial charge in [0.1, 0.15) is 23.3 Å². The molecule has 1 aromatic carbocycles. The second-order valence-corrected chi connectivity index (χ2v) is 4.56. The van der Waals surface area contributed by atoms with Crippen LogP contribution in [0.1, 0.15) is 11.9 Å². The number of rotatable bonds is 2. The molecule has 2 heterocycles. The molecule has 1 aromatic heterocycles. The lowest BCUT2D eigenvalue weighted by atomic mass is 10.1. The van der Waals surface area contributed by atoms with E-state index in [0.29, 0.717) is 13.2 Å². The maximum Gasteiger partial charge on any atom is 0.262 e. The van der Waals surface area contributed by atoms with Crippen LogP contribution in [0.2, 0.25) is 0 Å². The quantitative estimate of drug-likeness (QED) is 0.873. The smallest absolute Gasteiger partial charge is 0.262 e. The van der Waals surface area contributed by atoms with Crippen LogP contribution in [0, 0.1) is 5.82 Å². The van der Waals surface area contributed by atoms with Gasteiger partial charge < -0.3 is 19.6 Å². The van der Waals surface area contributed by atoms with Gasteiger partial charge in [-0.1, -0.05) is 18.2 Å². The van der Waals surface area contributed by atoms with Crippen LogP contribution in [0.25, 0.3) is 11.1 Å². The van der Waals surface area contributed by atoms with Gasteiger partial charge in [0.05, 0.1) is 19.8 Å². The molecule has 0 radical (unpaired) electrons. The van der Waals surface area contributed by atoms with Crippen molar-refractivity contribution in [3.05, 3.63) is 46.3 Å². The minimum Gasteiger partial charge on any atom is -0.493 e. The summed E-state index contributed by atoms with van der Waals surface area (Å²) in [6, 6.07) is 5.68. The SMILES string of the molecule is O=c1[nH]c(C2COCCO2)nc(O)c1-c1ccccc1F. The van der Waals surface area contributed by atoms with E-state index in [-0.39, 0.29) is 23.6 Å². The molecule has 6 nitrogen and oxygen atoms in total. The van der Waals surface area contributed by atoms with E-state index >= 15 is 0 Å². The zero-order chi connectivity index (χ0) is 14.8. The molecule has 7 heteroatoms. The highest BCUT2D eigenvalue weighted by Crippen LogP contribution is 2.27. The Hall–Kier alpha value is -2.25. The van der Waals surface area contributed by atoms with Crippen molar-refractivity contribution in [2.75, 3.05) is 19.8 Å². The van der Waals surface area contributed by atoms with Gasteiger partial charge in [-0.3, -0.25) is 4.79 Å². The molecule has 1 unspecified atom stereocenters. The molecule has 1 aliphatic heterocycles. The van der Waals surface area contributed by atoms with Crippen molar-refractivity contribution >= 4 is 0 Å². The molecule has 21 heavy (non-hydrogen) atoms. The molecule has 1 atom stereocenters. The first kappa shape index (κ1) is 13.7. The molecule has 110 valence electrons. The van der Waals surface area contributed by atoms with Crippen molar-refractivity contribution in [1.82, 2.24) is 9.97 Å². The minimum atomic E-state index is -0.628. The summed E-state index contributed by atoms with van der Waals surface area (Å²) in [6.45, 7) is 1.09. The first-order valence-electron chi connectivity index (χ1n) is 6.44. The molecule has 1 fully saturated rings. The summed E-state index contributed by atoms with van der Waals surface area (Å²) in [5, 5.41) is 9.99. The Morgan fingerprint density at radius 2 is 2.14 bits per heavy atom. The molecule has 0 spiro atoms. The third kappa shape index (κ3) is 2.65. The second-order valence-electron chi connectivity index (χ2n) is 4.56. The van der Waals surface area contributed by atoms with Crippen molar-refractivity contribution in [3.8, 4) is 17.0 Å². The van der Waals surface area contributed by atoms with E-state index in [4.69, 9.17) is 9.47 Å². The summed E-state index contributed by atoms with van der Waals surface area (Å²) in [7, 11) is 0. The van der Waals surface area contributed by atoms with Crippen LogP contribution in [0.3, 0.4) is 0 Å². The van der Waals surface area contributed by atoms with Gasteiger partial charge in [0.25, 0.3) is 5.56 Å². The van der Waals surface area contributed by atoms with Gasteiger partial charge in [-0.2, -0.15) is 4.98 Å². The molecule has 2 N–H and O–H groups in total. The van der Waals surface area contributed by atoms with E-state index in [1.165, 1.54) is 18.2 Å². The number of nitrogens with one attached hydrogen (secondary N) is 1. The highest BCUT2D eigenvalue weighted by Gasteiger charge is 2.23. The Morgan fingerprint density at radius 1 is 1.33 bits per heavy atom. The van der Waals surface area contributed by atoms with Crippen LogP contribution in [0.5, 0.6) is 5.88 Å². The van der Waals surface area contributed by atoms with Gasteiger partial charge in [-0.25, -0.2) is 4.39 Å². The zero-order valence-electron chi connectivity index (χ0n) is 11.0. The predicted octanol–water partition coefficient (Wildman–Crippen LogP) is 1.37. The van der Waals surface area contributed by atoms with Crippen LogP contribution in [0.4, 0.5) is 4.39 Å². The van der Waals surface area contributed by atoms with E-state index in [2.05, 4.69) is 9.97 Å². The van der Waals surface area contributed by atoms with Gasteiger partial charge in [0, 0.05) is 5.56 Å². The number of nitrogens with zero attached hydrogens (tertiary/aromatic N) is 1. The first-order chi connectivity index (χ1) is 10.2. The summed E-state index contributed by atoms with van der Waals surface area (Å²) in [5.74, 6) is -0.976. The monoisotopic (exact) mass is 292 g/mol. The highest BCUT2D eigenvalue weighted by atomic mass is 19.1. The minimum absolute atomic E-state index is 0.00360. The highest BCUT2D eigenvalue weighted by molar-refractivity contribution is 5.67. The van der Waals surface area contributed by atoms with Gasteiger partial charge >= 0.3 is 0 Å². The number of aromatic nitrogens is 2. The van der Waals surface area contributed by atoms with Crippen LogP contribution >= 0.6 is 0 Å². The molecule has 0 bridgehead atoms. The standard InChI is InChI=1S/C14H13FN2O4/c15-9-4-2-1-3-8(9)11-13(18)16-12(17-14(11)19)10-7-20-5-6-21-10/h1-4,10H,5-7H2,(H2,16,17,18,19). The molecular formula is C14H13FN2O4. The Balaban J connectivity index is 2.05. The molecule has 0 saturated carbocycles. The lowest BCUT2D eigenvalue weighted by Crippen LogP contribution is -2.26. The van der Waals surface area contributed by atoms with Crippen LogP contribution in [-0.2, 0) is 9.47 Å². The summed E-state index contributed by atoms with van der Waals surface area (Å²) >= 11 is 0. The maximum atomic E-state index is 13.8. The van der Waals surface area contributed by atoms with Crippen molar-refractivity contribution in [3.63, 3.8) is 0 Å². The van der Waals surface area contributed by atoms with Crippen LogP contribution in [0.15, 0.2) is 29.1 Å². The lowest BCUT2D eigenvalue weighted by Gasteiger charge is -2.22. The number of hydrogen-bond acceptors (Lipinski definition) is 5. The third-order valence-corrected chi connectivity index (χ3v) is 3.18. The van der Waals surface area contributed by atoms with Crippen molar-refractivity contribution in [2.45, 2.75) is 6.10 Å². The van der Waals surface area contributed by atoms with E-state index in [9.17, 15) is 14.3 Å². The molecule has 3 rings (SSSR count). The Labute approximate surface area is 119 Å². The fourth-order valence-electron chi connectivity index (χ4n) is 2.18. The summed E-state index contributed by atoms with van der Waals surface area (Å²) in [4.78, 5) is 18.6. The molecule has 0 amide bonds. The number of benzene rings is 1. The predicted molar refractivity (Wildman–Crippen MR) is 71.4 cm³/mol. The average Bonchev–Trinajstić information content (AvgIpc) is 2.49. The number of halogens is 1. The number of ether oxygens (including phenoxy) is 2. The Kier molecular flexibility index (Phi) is 3.68. The lowest BCUT2D eigenvalue weighted by molar-refractivity contribution is -0.0937. The molecular weight excluding hydrogens is 279 g/mol. The first-order valence-corrected chi connectivity index (χ1v) is 6.44. The van der Waals surface area contributed by atoms with E-state index < -0.39 is 23.4 Å². The normalized spacial score (nSPS) is 18.6. The van der Waals surface area contributed by atoms with Gasteiger partial charge in [0.2, 0.25) is 5.88 Å². The van der Waals surface area contributed by atoms with Crippen molar-refractivity contribution < 1.29 is 19.0 Å². The molecule has 0 aliphatic carbocycles. The van der Waals surface area contributed by atoms with Gasteiger partial charge in [0.15, 0.2) is 0 Å². The zero-order valence-corrected chi connectivity index (χ0v) is 11.0. The average molecular weight is 292 g/mol. The van der Waals surface area contributed by atoms with Crippen LogP contribution < -0.4 is 5.56 Å². The number of aromatic hydroxyl groups is 1. The van der Waals surface area contributed by atoms with Crippen molar-refractivity contribution in [2.24, 2.45) is 0 Å². The molecule has 2 aromatic rings. The third-order valence-electron chi connectivity index (χ3n) is 3.18. The van der Waals surface area contributed by atoms with E-state index in [0.717, 1.165) is 0 Å². The number of aromatic amines is 1. The summed E-state index contributed by atoms with van der Waals surface area (Å²) in [5.41, 5.74) is -0.832. The fourth-order valence-corrected chi connectivity index (χ4v) is 2.18. The second kappa shape index (κ2) is 5.63. The maximum absolute atomic E-state index is 13.8. The number of hydrogen-bond donors (Lipinski definition) is 2. The van der Waals surface area contributed by atoms with Crippen molar-refractivity contribution in [1.29, 1.82) is 0 Å². The Morgan fingerprint density at radius 3 is 2.81 bits per heavy atom. The van der Waals surface area contributed by atoms with E-state index in [1.54, 1.807) is 6.07 Å². The van der Waals surface area contributed by atoms with Gasteiger partial charge in [-0.05, 0) is 6.07 Å². The largest absolute Gasteiger partial charge is 0.493 e. The molecule has 1 aliphatic rings. The Bertz CT molecular complexity index is 710. The van der Waals surface area contributed by atoms with Gasteiger partial charge in [-0.15, -0.1) is 0 Å². The van der Waals surface area contributed by atoms with E-state index in [1.807, 2.05) is 0 Å². The summed E-state index contributed by atoms with van der Waals surface area (Å²) < 4.78 is 24.4. The van der Waals surface area contributed by atoms with Crippen LogP contribution in [-0.4, -0.2) is 34.9 Å².